The Morgan fingerprint density at radius 3 is 2.81 bits per heavy atom. The van der Waals surface area contributed by atoms with Crippen LogP contribution in [-0.2, 0) is 10.0 Å². The van der Waals surface area contributed by atoms with E-state index in [9.17, 15) is 8.42 Å². The minimum absolute atomic E-state index is 0.418. The van der Waals surface area contributed by atoms with Gasteiger partial charge in [-0.05, 0) is 18.6 Å². The number of anilines is 2. The molecule has 0 aliphatic carbocycles. The Labute approximate surface area is 99.8 Å². The van der Waals surface area contributed by atoms with E-state index >= 15 is 0 Å². The molecule has 0 amide bonds. The molecule has 1 aromatic carbocycles. The van der Waals surface area contributed by atoms with Crippen molar-refractivity contribution >= 4 is 33.0 Å². The molecule has 0 saturated carbocycles. The Morgan fingerprint density at radius 1 is 1.50 bits per heavy atom. The van der Waals surface area contributed by atoms with Crippen LogP contribution in [0, 0.1) is 0 Å². The molecule has 0 fully saturated rings. The molecule has 0 aromatic heterocycles. The molecule has 16 heavy (non-hydrogen) atoms. The summed E-state index contributed by atoms with van der Waals surface area (Å²) in [6, 6.07) is 3.25. The maximum Gasteiger partial charge on any atom is 0.240 e. The van der Waals surface area contributed by atoms with Crippen molar-refractivity contribution in [3.8, 4) is 0 Å². The van der Waals surface area contributed by atoms with Crippen LogP contribution in [0.1, 0.15) is 30.6 Å². The van der Waals surface area contributed by atoms with Gasteiger partial charge in [0.1, 0.15) is 5.25 Å². The topological polar surface area (TPSA) is 72.2 Å². The van der Waals surface area contributed by atoms with Gasteiger partial charge in [-0.2, -0.15) is 0 Å². The lowest BCUT2D eigenvalue weighted by atomic mass is 10.0. The van der Waals surface area contributed by atoms with Crippen molar-refractivity contribution in [3.05, 3.63) is 22.7 Å². The summed E-state index contributed by atoms with van der Waals surface area (Å²) in [6.45, 7) is 1.94. The van der Waals surface area contributed by atoms with E-state index in [0.717, 1.165) is 6.42 Å². The number of hydrogen-bond donors (Lipinski definition) is 2. The van der Waals surface area contributed by atoms with Crippen LogP contribution in [0.15, 0.2) is 12.1 Å². The molecular formula is C10H13ClN2O2S. The standard InChI is InChI=1S/C10H13ClN2O2S/c1-2-3-8-9-6(11)4-5-7(12)10(9)13-16(8,14)15/h4-5,8,13H,2-3,12H2,1H3. The molecule has 6 heteroatoms. The van der Waals surface area contributed by atoms with Crippen LogP contribution >= 0.6 is 11.6 Å². The fourth-order valence-corrected chi connectivity index (χ4v) is 4.08. The summed E-state index contributed by atoms with van der Waals surface area (Å²) in [5.41, 5.74) is 7.22. The van der Waals surface area contributed by atoms with Gasteiger partial charge in [0.25, 0.3) is 0 Å². The van der Waals surface area contributed by atoms with E-state index in [4.69, 9.17) is 17.3 Å². The molecule has 4 nitrogen and oxygen atoms in total. The Bertz CT molecular complexity index is 528. The van der Waals surface area contributed by atoms with E-state index in [1.165, 1.54) is 0 Å². The van der Waals surface area contributed by atoms with Gasteiger partial charge < -0.3 is 5.73 Å². The molecule has 1 atom stereocenters. The first kappa shape index (κ1) is 11.5. The predicted octanol–water partition coefficient (Wildman–Crippen LogP) is 2.52. The number of fused-ring (bicyclic) bond motifs is 1. The van der Waals surface area contributed by atoms with Crippen molar-refractivity contribution in [2.75, 3.05) is 10.5 Å². The zero-order chi connectivity index (χ0) is 11.9. The molecule has 0 bridgehead atoms. The van der Waals surface area contributed by atoms with Gasteiger partial charge in [0.05, 0.1) is 11.4 Å². The smallest absolute Gasteiger partial charge is 0.240 e. The van der Waals surface area contributed by atoms with Gasteiger partial charge in [-0.3, -0.25) is 4.72 Å². The van der Waals surface area contributed by atoms with Crippen LogP contribution < -0.4 is 10.5 Å². The Hall–Kier alpha value is -0.940. The van der Waals surface area contributed by atoms with E-state index < -0.39 is 15.3 Å². The minimum Gasteiger partial charge on any atom is -0.397 e. The van der Waals surface area contributed by atoms with Gasteiger partial charge in [-0.1, -0.05) is 24.9 Å². The Balaban J connectivity index is 2.63. The molecule has 0 spiro atoms. The molecule has 2 rings (SSSR count). The second-order valence-electron chi connectivity index (χ2n) is 3.85. The average molecular weight is 261 g/mol. The van der Waals surface area contributed by atoms with Crippen LogP contribution in [0.5, 0.6) is 0 Å². The molecule has 0 radical (unpaired) electrons. The molecule has 1 aliphatic heterocycles. The maximum atomic E-state index is 11.9. The van der Waals surface area contributed by atoms with Crippen molar-refractivity contribution in [1.29, 1.82) is 0 Å². The molecule has 3 N–H and O–H groups in total. The molecular weight excluding hydrogens is 248 g/mol. The third kappa shape index (κ3) is 1.64. The predicted molar refractivity (Wildman–Crippen MR) is 66.1 cm³/mol. The highest BCUT2D eigenvalue weighted by molar-refractivity contribution is 7.93. The first-order valence-corrected chi connectivity index (χ1v) is 6.99. The van der Waals surface area contributed by atoms with Crippen LogP contribution in [0.3, 0.4) is 0 Å². The van der Waals surface area contributed by atoms with E-state index in [-0.39, 0.29) is 0 Å². The molecule has 1 unspecified atom stereocenters. The van der Waals surface area contributed by atoms with E-state index in [1.807, 2.05) is 6.92 Å². The molecule has 88 valence electrons. The normalized spacial score (nSPS) is 21.5. The number of benzene rings is 1. The van der Waals surface area contributed by atoms with Crippen molar-refractivity contribution in [1.82, 2.24) is 0 Å². The van der Waals surface area contributed by atoms with Gasteiger partial charge in [-0.15, -0.1) is 0 Å². The van der Waals surface area contributed by atoms with Crippen molar-refractivity contribution in [2.45, 2.75) is 25.0 Å². The van der Waals surface area contributed by atoms with Crippen LogP contribution in [0.25, 0.3) is 0 Å². The SMILES string of the molecule is CCCC1c2c(Cl)ccc(N)c2NS1(=O)=O. The first-order valence-electron chi connectivity index (χ1n) is 5.07. The van der Waals surface area contributed by atoms with Gasteiger partial charge in [0, 0.05) is 10.6 Å². The van der Waals surface area contributed by atoms with E-state index in [2.05, 4.69) is 4.72 Å². The number of hydrogen-bond acceptors (Lipinski definition) is 3. The second kappa shape index (κ2) is 3.82. The van der Waals surface area contributed by atoms with Crippen molar-refractivity contribution in [2.24, 2.45) is 0 Å². The van der Waals surface area contributed by atoms with E-state index in [0.29, 0.717) is 28.4 Å². The number of nitrogens with two attached hydrogens (primary N) is 1. The van der Waals surface area contributed by atoms with Gasteiger partial charge in [0.2, 0.25) is 10.0 Å². The zero-order valence-electron chi connectivity index (χ0n) is 8.83. The summed E-state index contributed by atoms with van der Waals surface area (Å²) in [4.78, 5) is 0. The number of nitrogens with one attached hydrogen (secondary N) is 1. The first-order chi connectivity index (χ1) is 7.47. The second-order valence-corrected chi connectivity index (χ2v) is 6.12. The van der Waals surface area contributed by atoms with Crippen molar-refractivity contribution in [3.63, 3.8) is 0 Å². The minimum atomic E-state index is -3.37. The zero-order valence-corrected chi connectivity index (χ0v) is 10.4. The lowest BCUT2D eigenvalue weighted by molar-refractivity contribution is 0.583. The molecule has 1 heterocycles. The average Bonchev–Trinajstić information content (AvgIpc) is 2.47. The maximum absolute atomic E-state index is 11.9. The number of rotatable bonds is 2. The molecule has 0 saturated heterocycles. The van der Waals surface area contributed by atoms with Crippen molar-refractivity contribution < 1.29 is 8.42 Å². The highest BCUT2D eigenvalue weighted by Gasteiger charge is 2.38. The molecule has 1 aromatic rings. The molecule has 1 aliphatic rings. The Morgan fingerprint density at radius 2 is 2.19 bits per heavy atom. The highest BCUT2D eigenvalue weighted by atomic mass is 35.5. The summed E-state index contributed by atoms with van der Waals surface area (Å²) in [7, 11) is -3.37. The Kier molecular flexibility index (Phi) is 2.75. The largest absolute Gasteiger partial charge is 0.397 e. The number of sulfonamides is 1. The lowest BCUT2D eigenvalue weighted by Crippen LogP contribution is -2.12. The fraction of sp³-hybridized carbons (Fsp3) is 0.400. The number of nitrogen functional groups attached to an aromatic ring is 1. The van der Waals surface area contributed by atoms with Gasteiger partial charge in [-0.25, -0.2) is 8.42 Å². The third-order valence-electron chi connectivity index (χ3n) is 2.72. The number of halogens is 1. The van der Waals surface area contributed by atoms with Crippen LogP contribution in [-0.4, -0.2) is 8.42 Å². The summed E-state index contributed by atoms with van der Waals surface area (Å²) in [6.07, 6.45) is 1.32. The van der Waals surface area contributed by atoms with Gasteiger partial charge in [0.15, 0.2) is 0 Å². The summed E-state index contributed by atoms with van der Waals surface area (Å²) < 4.78 is 26.3. The third-order valence-corrected chi connectivity index (χ3v) is 4.76. The highest BCUT2D eigenvalue weighted by Crippen LogP contribution is 2.46. The van der Waals surface area contributed by atoms with E-state index in [1.54, 1.807) is 12.1 Å². The monoisotopic (exact) mass is 260 g/mol. The van der Waals surface area contributed by atoms with Crippen LogP contribution in [0.4, 0.5) is 11.4 Å². The summed E-state index contributed by atoms with van der Waals surface area (Å²) in [5.74, 6) is 0. The summed E-state index contributed by atoms with van der Waals surface area (Å²) >= 11 is 6.04. The fourth-order valence-electron chi connectivity index (χ4n) is 1.97. The van der Waals surface area contributed by atoms with Gasteiger partial charge >= 0.3 is 0 Å². The quantitative estimate of drug-likeness (QED) is 0.803. The lowest BCUT2D eigenvalue weighted by Gasteiger charge is -2.09. The summed E-state index contributed by atoms with van der Waals surface area (Å²) in [5, 5.41) is -0.125. The van der Waals surface area contributed by atoms with Crippen LogP contribution in [0.2, 0.25) is 5.02 Å².